The predicted octanol–water partition coefficient (Wildman–Crippen LogP) is 6.78. The average Bonchev–Trinajstić information content (AvgIpc) is 2.90. The molecule has 2 amide bonds. The molecule has 0 fully saturated rings. The Hall–Kier alpha value is -3.29. The van der Waals surface area contributed by atoms with Gasteiger partial charge in [0.2, 0.25) is 5.91 Å². The molecule has 0 spiro atoms. The van der Waals surface area contributed by atoms with E-state index in [9.17, 15) is 9.59 Å². The molecule has 0 aliphatic carbocycles. The number of hydrazone groups is 1. The lowest BCUT2D eigenvalue weighted by molar-refractivity contribution is -0.129. The molecule has 3 aromatic rings. The minimum atomic E-state index is -0.718. The van der Waals surface area contributed by atoms with E-state index in [1.54, 1.807) is 24.4 Å². The maximum Gasteiger partial charge on any atom is 0.262 e. The second-order valence-electron chi connectivity index (χ2n) is 9.56. The van der Waals surface area contributed by atoms with Crippen molar-refractivity contribution in [3.63, 3.8) is 0 Å². The number of nitrogens with one attached hydrogen (secondary N) is 2. The topological polar surface area (TPSA) is 89.0 Å². The highest BCUT2D eigenvalue weighted by molar-refractivity contribution is 6.35. The Morgan fingerprint density at radius 1 is 1.00 bits per heavy atom. The molecule has 39 heavy (non-hydrogen) atoms. The van der Waals surface area contributed by atoms with Crippen molar-refractivity contribution in [2.75, 3.05) is 13.2 Å². The number of carbonyl (C=O) groups excluding carboxylic acids is 2. The maximum atomic E-state index is 13.0. The molecule has 3 aromatic carbocycles. The molecule has 0 aliphatic rings. The van der Waals surface area contributed by atoms with Gasteiger partial charge in [-0.1, -0.05) is 74.3 Å². The Morgan fingerprint density at radius 2 is 1.74 bits per heavy atom. The third-order valence-corrected chi connectivity index (χ3v) is 6.35. The first-order valence-corrected chi connectivity index (χ1v) is 13.9. The molecule has 0 radical (unpaired) electrons. The van der Waals surface area contributed by atoms with Crippen LogP contribution in [0.15, 0.2) is 59.7 Å². The van der Waals surface area contributed by atoms with Gasteiger partial charge < -0.3 is 14.8 Å². The molecule has 9 heteroatoms. The van der Waals surface area contributed by atoms with Crippen LogP contribution < -0.4 is 20.2 Å². The standard InChI is InChI=1S/C30H35Cl2N3O4/c1-4-15-38-27-13-11-21-8-5-6-9-23(21)24(27)19-33-35-30(37)26(17-20(2)3)34-29(36)10-7-16-39-28-14-12-22(31)18-25(28)32/h5-6,8-9,11-14,18-20,26H,4,7,10,15-17H2,1-3H3,(H,34,36)(H,35,37)/b33-19-/t26-/m0/s1. The third kappa shape index (κ3) is 9.44. The molecule has 2 N–H and O–H groups in total. The van der Waals surface area contributed by atoms with Crippen LogP contribution in [0.3, 0.4) is 0 Å². The van der Waals surface area contributed by atoms with Gasteiger partial charge in [0.05, 0.1) is 24.5 Å². The Bertz CT molecular complexity index is 1300. The molecular formula is C30H35Cl2N3O4. The third-order valence-electron chi connectivity index (χ3n) is 5.82. The van der Waals surface area contributed by atoms with Crippen LogP contribution in [0.25, 0.3) is 10.8 Å². The van der Waals surface area contributed by atoms with Crippen molar-refractivity contribution in [1.29, 1.82) is 0 Å². The van der Waals surface area contributed by atoms with Crippen LogP contribution >= 0.6 is 23.2 Å². The molecule has 0 saturated carbocycles. The predicted molar refractivity (Wildman–Crippen MR) is 158 cm³/mol. The number of amides is 2. The van der Waals surface area contributed by atoms with Gasteiger partial charge in [0.25, 0.3) is 5.91 Å². The van der Waals surface area contributed by atoms with E-state index in [0.29, 0.717) is 47.6 Å². The summed E-state index contributed by atoms with van der Waals surface area (Å²) in [6, 6.07) is 16.1. The van der Waals surface area contributed by atoms with Crippen LogP contribution in [0, 0.1) is 5.92 Å². The molecular weight excluding hydrogens is 537 g/mol. The van der Waals surface area contributed by atoms with Crippen molar-refractivity contribution in [3.05, 3.63) is 70.2 Å². The minimum absolute atomic E-state index is 0.188. The lowest BCUT2D eigenvalue weighted by atomic mass is 10.0. The normalized spacial score (nSPS) is 12.1. The van der Waals surface area contributed by atoms with Crippen molar-refractivity contribution in [1.82, 2.24) is 10.7 Å². The second kappa shape index (κ2) is 15.3. The van der Waals surface area contributed by atoms with Gasteiger partial charge in [-0.05, 0) is 60.2 Å². The van der Waals surface area contributed by atoms with E-state index in [0.717, 1.165) is 22.8 Å². The quantitative estimate of drug-likeness (QED) is 0.127. The fraction of sp³-hybridized carbons (Fsp3) is 0.367. The molecule has 7 nitrogen and oxygen atoms in total. The summed E-state index contributed by atoms with van der Waals surface area (Å²) in [5.41, 5.74) is 3.38. The number of carbonyl (C=O) groups is 2. The van der Waals surface area contributed by atoms with Crippen molar-refractivity contribution < 1.29 is 19.1 Å². The monoisotopic (exact) mass is 571 g/mol. The van der Waals surface area contributed by atoms with E-state index >= 15 is 0 Å². The van der Waals surface area contributed by atoms with Gasteiger partial charge in [-0.25, -0.2) is 5.43 Å². The average molecular weight is 573 g/mol. The summed E-state index contributed by atoms with van der Waals surface area (Å²) in [5.74, 6) is 0.768. The molecule has 1 atom stereocenters. The smallest absolute Gasteiger partial charge is 0.262 e. The number of ether oxygens (including phenoxy) is 2. The second-order valence-corrected chi connectivity index (χ2v) is 10.4. The zero-order valence-electron chi connectivity index (χ0n) is 22.5. The summed E-state index contributed by atoms with van der Waals surface area (Å²) >= 11 is 12.0. The fourth-order valence-corrected chi connectivity index (χ4v) is 4.42. The van der Waals surface area contributed by atoms with Gasteiger partial charge in [-0.15, -0.1) is 0 Å². The summed E-state index contributed by atoms with van der Waals surface area (Å²) in [4.78, 5) is 25.6. The minimum Gasteiger partial charge on any atom is -0.493 e. The Labute approximate surface area is 239 Å². The van der Waals surface area contributed by atoms with Gasteiger partial charge in [0.15, 0.2) is 0 Å². The highest BCUT2D eigenvalue weighted by atomic mass is 35.5. The highest BCUT2D eigenvalue weighted by Gasteiger charge is 2.21. The van der Waals surface area contributed by atoms with Crippen LogP contribution in [0.2, 0.25) is 10.0 Å². The van der Waals surface area contributed by atoms with Gasteiger partial charge in [-0.3, -0.25) is 9.59 Å². The van der Waals surface area contributed by atoms with E-state index in [1.807, 2.05) is 57.2 Å². The molecule has 0 aliphatic heterocycles. The van der Waals surface area contributed by atoms with Gasteiger partial charge in [-0.2, -0.15) is 5.10 Å². The first kappa shape index (κ1) is 30.3. The van der Waals surface area contributed by atoms with Crippen molar-refractivity contribution >= 4 is 52.0 Å². The van der Waals surface area contributed by atoms with E-state index in [1.165, 1.54) is 0 Å². The summed E-state index contributed by atoms with van der Waals surface area (Å²) < 4.78 is 11.5. The maximum absolute atomic E-state index is 13.0. The molecule has 0 aromatic heterocycles. The van der Waals surface area contributed by atoms with E-state index in [-0.39, 0.29) is 24.2 Å². The van der Waals surface area contributed by atoms with Crippen LogP contribution in [0.4, 0.5) is 0 Å². The number of fused-ring (bicyclic) bond motifs is 1. The Morgan fingerprint density at radius 3 is 2.49 bits per heavy atom. The number of rotatable bonds is 14. The number of halogens is 2. The van der Waals surface area contributed by atoms with E-state index < -0.39 is 6.04 Å². The van der Waals surface area contributed by atoms with Gasteiger partial charge >= 0.3 is 0 Å². The first-order valence-electron chi connectivity index (χ1n) is 13.1. The largest absolute Gasteiger partial charge is 0.493 e. The Balaban J connectivity index is 1.59. The lowest BCUT2D eigenvalue weighted by Gasteiger charge is -2.19. The molecule has 0 unspecified atom stereocenters. The zero-order chi connectivity index (χ0) is 28.2. The molecule has 3 rings (SSSR count). The van der Waals surface area contributed by atoms with Crippen LogP contribution in [-0.2, 0) is 9.59 Å². The SMILES string of the molecule is CCCOc1ccc2ccccc2c1/C=N\NC(=O)[C@H](CC(C)C)NC(=O)CCCOc1ccc(Cl)cc1Cl. The van der Waals surface area contributed by atoms with E-state index in [4.69, 9.17) is 32.7 Å². The lowest BCUT2D eigenvalue weighted by Crippen LogP contribution is -2.46. The summed E-state index contributed by atoms with van der Waals surface area (Å²) in [5, 5.41) is 10.0. The van der Waals surface area contributed by atoms with Crippen molar-refractivity contribution in [2.24, 2.45) is 11.0 Å². The van der Waals surface area contributed by atoms with Gasteiger partial charge in [0.1, 0.15) is 17.5 Å². The number of hydrogen-bond donors (Lipinski definition) is 2. The number of hydrogen-bond acceptors (Lipinski definition) is 5. The van der Waals surface area contributed by atoms with Crippen molar-refractivity contribution in [2.45, 2.75) is 52.5 Å². The molecule has 0 saturated heterocycles. The summed E-state index contributed by atoms with van der Waals surface area (Å²) in [6.45, 7) is 6.90. The van der Waals surface area contributed by atoms with Gasteiger partial charge in [0, 0.05) is 17.0 Å². The highest BCUT2D eigenvalue weighted by Crippen LogP contribution is 2.28. The molecule has 208 valence electrons. The summed E-state index contributed by atoms with van der Waals surface area (Å²) in [6.07, 6.45) is 3.60. The Kier molecular flexibility index (Phi) is 11.9. The van der Waals surface area contributed by atoms with Crippen LogP contribution in [-0.4, -0.2) is 37.3 Å². The zero-order valence-corrected chi connectivity index (χ0v) is 24.0. The number of nitrogens with zero attached hydrogens (tertiary/aromatic N) is 1. The molecule has 0 heterocycles. The molecule has 0 bridgehead atoms. The van der Waals surface area contributed by atoms with E-state index in [2.05, 4.69) is 15.8 Å². The first-order chi connectivity index (χ1) is 18.8. The number of benzene rings is 3. The summed E-state index contributed by atoms with van der Waals surface area (Å²) in [7, 11) is 0. The van der Waals surface area contributed by atoms with Crippen molar-refractivity contribution in [3.8, 4) is 11.5 Å². The fourth-order valence-electron chi connectivity index (χ4n) is 3.96. The van der Waals surface area contributed by atoms with Crippen LogP contribution in [0.1, 0.15) is 52.0 Å². The van der Waals surface area contributed by atoms with Crippen LogP contribution in [0.5, 0.6) is 11.5 Å².